The summed E-state index contributed by atoms with van der Waals surface area (Å²) in [6.07, 6.45) is 11.7. The molecule has 0 spiro atoms. The van der Waals surface area contributed by atoms with Crippen molar-refractivity contribution in [1.82, 2.24) is 4.57 Å². The Bertz CT molecular complexity index is 421. The van der Waals surface area contributed by atoms with Crippen LogP contribution in [0.25, 0.3) is 0 Å². The molecule has 0 radical (unpaired) electrons. The van der Waals surface area contributed by atoms with E-state index < -0.39 is 0 Å². The Morgan fingerprint density at radius 2 is 1.52 bits per heavy atom. The van der Waals surface area contributed by atoms with Gasteiger partial charge >= 0.3 is 0 Å². The van der Waals surface area contributed by atoms with Crippen molar-refractivity contribution in [2.75, 3.05) is 0 Å². The molecule has 0 N–H and O–H groups in total. The van der Waals surface area contributed by atoms with Crippen LogP contribution in [-0.2, 0) is 12.5 Å². The highest BCUT2D eigenvalue weighted by Gasteiger charge is 2.31. The van der Waals surface area contributed by atoms with Crippen molar-refractivity contribution >= 4 is 11.6 Å². The third-order valence-electron chi connectivity index (χ3n) is 4.91. The summed E-state index contributed by atoms with van der Waals surface area (Å²) < 4.78 is 2.31. The normalized spacial score (nSPS) is 14.4. The van der Waals surface area contributed by atoms with E-state index >= 15 is 0 Å². The first-order valence-corrected chi connectivity index (χ1v) is 9.16. The maximum absolute atomic E-state index is 6.57. The minimum absolute atomic E-state index is 0.225. The lowest BCUT2D eigenvalue weighted by Crippen LogP contribution is -2.26. The van der Waals surface area contributed by atoms with Gasteiger partial charge in [-0.2, -0.15) is 0 Å². The number of nitrogens with zero attached hydrogens (tertiary/aromatic N) is 1. The molecule has 21 heavy (non-hydrogen) atoms. The van der Waals surface area contributed by atoms with Gasteiger partial charge in [0.2, 0.25) is 0 Å². The summed E-state index contributed by atoms with van der Waals surface area (Å²) in [6.45, 7) is 9.13. The Hall–Kier alpha value is -0.430. The molecule has 0 saturated carbocycles. The van der Waals surface area contributed by atoms with Gasteiger partial charge in [-0.05, 0) is 25.8 Å². The predicted octanol–water partition coefficient (Wildman–Crippen LogP) is 6.80. The second-order valence-electron chi connectivity index (χ2n) is 6.87. The molecule has 0 amide bonds. The average molecular weight is 312 g/mol. The molecule has 122 valence electrons. The molecule has 0 saturated heterocycles. The lowest BCUT2D eigenvalue weighted by molar-refractivity contribution is 0.348. The quantitative estimate of drug-likeness (QED) is 0.419. The van der Waals surface area contributed by atoms with E-state index in [2.05, 4.69) is 45.4 Å². The summed E-state index contributed by atoms with van der Waals surface area (Å²) in [4.78, 5) is 0. The molecule has 0 aliphatic carbocycles. The van der Waals surface area contributed by atoms with Gasteiger partial charge in [-0.15, -0.1) is 0 Å². The number of halogens is 1. The molecule has 0 aromatic carbocycles. The minimum Gasteiger partial charge on any atom is -0.350 e. The standard InChI is InChI=1S/C19H34ClN/c1-6-8-10-12-14-19(4,13-11-9-7-2)18-17(20)15-16(3)21(18)5/h15H,6-14H2,1-5H3. The third kappa shape index (κ3) is 5.06. The Morgan fingerprint density at radius 3 is 2.00 bits per heavy atom. The summed E-state index contributed by atoms with van der Waals surface area (Å²) in [5.74, 6) is 0. The lowest BCUT2D eigenvalue weighted by Gasteiger charge is -2.32. The highest BCUT2D eigenvalue weighted by Crippen LogP contribution is 2.40. The number of hydrogen-bond donors (Lipinski definition) is 0. The van der Waals surface area contributed by atoms with Gasteiger partial charge in [0.1, 0.15) is 0 Å². The van der Waals surface area contributed by atoms with Crippen LogP contribution in [0.4, 0.5) is 0 Å². The second kappa shape index (κ2) is 8.88. The van der Waals surface area contributed by atoms with Gasteiger partial charge in [0.15, 0.2) is 0 Å². The van der Waals surface area contributed by atoms with Gasteiger partial charge in [0.05, 0.1) is 5.02 Å². The van der Waals surface area contributed by atoms with E-state index in [9.17, 15) is 0 Å². The van der Waals surface area contributed by atoms with Crippen molar-refractivity contribution < 1.29 is 0 Å². The molecule has 1 nitrogen and oxygen atoms in total. The summed E-state index contributed by atoms with van der Waals surface area (Å²) in [6, 6.07) is 2.13. The monoisotopic (exact) mass is 311 g/mol. The van der Waals surface area contributed by atoms with E-state index in [1.807, 2.05) is 0 Å². The number of aromatic nitrogens is 1. The molecular weight excluding hydrogens is 278 g/mol. The lowest BCUT2D eigenvalue weighted by atomic mass is 9.77. The molecular formula is C19H34ClN. The van der Waals surface area contributed by atoms with Crippen LogP contribution in [0.5, 0.6) is 0 Å². The summed E-state index contributed by atoms with van der Waals surface area (Å²) in [5.41, 5.74) is 2.85. The first-order valence-electron chi connectivity index (χ1n) is 8.78. The molecule has 1 aromatic rings. The molecule has 0 fully saturated rings. The van der Waals surface area contributed by atoms with Crippen LogP contribution in [0.15, 0.2) is 6.07 Å². The van der Waals surface area contributed by atoms with Gasteiger partial charge in [-0.25, -0.2) is 0 Å². The van der Waals surface area contributed by atoms with E-state index in [-0.39, 0.29) is 5.41 Å². The van der Waals surface area contributed by atoms with Gasteiger partial charge in [-0.3, -0.25) is 0 Å². The Balaban J connectivity index is 2.88. The molecule has 0 bridgehead atoms. The number of unbranched alkanes of at least 4 members (excludes halogenated alkanes) is 5. The topological polar surface area (TPSA) is 4.93 Å². The maximum atomic E-state index is 6.57. The molecule has 1 unspecified atom stereocenters. The summed E-state index contributed by atoms with van der Waals surface area (Å²) in [7, 11) is 2.17. The van der Waals surface area contributed by atoms with Crippen molar-refractivity contribution in [3.63, 3.8) is 0 Å². The number of rotatable bonds is 10. The largest absolute Gasteiger partial charge is 0.350 e. The fraction of sp³-hybridized carbons (Fsp3) is 0.789. The van der Waals surface area contributed by atoms with Gasteiger partial charge in [-0.1, -0.05) is 77.3 Å². The zero-order chi connectivity index (χ0) is 15.9. The van der Waals surface area contributed by atoms with Crippen LogP contribution in [0, 0.1) is 6.92 Å². The zero-order valence-electron chi connectivity index (χ0n) is 14.8. The van der Waals surface area contributed by atoms with Crippen LogP contribution in [0.3, 0.4) is 0 Å². The van der Waals surface area contributed by atoms with Crippen molar-refractivity contribution in [2.45, 2.75) is 90.9 Å². The SMILES string of the molecule is CCCCCCC(C)(CCCCC)c1c(Cl)cc(C)n1C. The molecule has 1 aromatic heterocycles. The third-order valence-corrected chi connectivity index (χ3v) is 5.20. The van der Waals surface area contributed by atoms with Crippen LogP contribution in [0.1, 0.15) is 89.9 Å². The van der Waals surface area contributed by atoms with E-state index in [1.54, 1.807) is 0 Å². The first-order chi connectivity index (χ1) is 9.96. The van der Waals surface area contributed by atoms with Crippen molar-refractivity contribution in [3.05, 3.63) is 22.5 Å². The summed E-state index contributed by atoms with van der Waals surface area (Å²) in [5, 5.41) is 0.962. The second-order valence-corrected chi connectivity index (χ2v) is 7.28. The minimum atomic E-state index is 0.225. The summed E-state index contributed by atoms with van der Waals surface area (Å²) >= 11 is 6.57. The van der Waals surface area contributed by atoms with Crippen LogP contribution in [0.2, 0.25) is 5.02 Å². The van der Waals surface area contributed by atoms with Crippen LogP contribution >= 0.6 is 11.6 Å². The molecule has 1 atom stereocenters. The average Bonchev–Trinajstić information content (AvgIpc) is 2.69. The van der Waals surface area contributed by atoms with E-state index in [0.29, 0.717) is 0 Å². The highest BCUT2D eigenvalue weighted by molar-refractivity contribution is 6.31. The van der Waals surface area contributed by atoms with Crippen molar-refractivity contribution in [2.24, 2.45) is 7.05 Å². The molecule has 1 rings (SSSR count). The highest BCUT2D eigenvalue weighted by atomic mass is 35.5. The smallest absolute Gasteiger partial charge is 0.0623 e. The van der Waals surface area contributed by atoms with E-state index in [1.165, 1.54) is 69.2 Å². The molecule has 0 aliphatic rings. The van der Waals surface area contributed by atoms with Crippen LogP contribution < -0.4 is 0 Å². The van der Waals surface area contributed by atoms with Crippen LogP contribution in [-0.4, -0.2) is 4.57 Å². The van der Waals surface area contributed by atoms with Gasteiger partial charge in [0.25, 0.3) is 0 Å². The first kappa shape index (κ1) is 18.6. The van der Waals surface area contributed by atoms with Gasteiger partial charge < -0.3 is 4.57 Å². The Labute approximate surface area is 137 Å². The maximum Gasteiger partial charge on any atom is 0.0623 e. The van der Waals surface area contributed by atoms with E-state index in [4.69, 9.17) is 11.6 Å². The van der Waals surface area contributed by atoms with Crippen molar-refractivity contribution in [1.29, 1.82) is 0 Å². The molecule has 1 heterocycles. The molecule has 2 heteroatoms. The fourth-order valence-corrected chi connectivity index (χ4v) is 3.96. The number of hydrogen-bond acceptors (Lipinski definition) is 0. The Morgan fingerprint density at radius 1 is 1.00 bits per heavy atom. The van der Waals surface area contributed by atoms with Crippen molar-refractivity contribution in [3.8, 4) is 0 Å². The zero-order valence-corrected chi connectivity index (χ0v) is 15.5. The number of aryl methyl sites for hydroxylation is 1. The predicted molar refractivity (Wildman–Crippen MR) is 95.4 cm³/mol. The fourth-order valence-electron chi connectivity index (χ4n) is 3.45. The van der Waals surface area contributed by atoms with E-state index in [0.717, 1.165) is 5.02 Å². The van der Waals surface area contributed by atoms with Gasteiger partial charge in [0, 0.05) is 23.9 Å². The Kier molecular flexibility index (Phi) is 7.87. The molecule has 0 aliphatic heterocycles.